The summed E-state index contributed by atoms with van der Waals surface area (Å²) in [5, 5.41) is 9.32. The lowest BCUT2D eigenvalue weighted by molar-refractivity contribution is 0.602. The van der Waals surface area contributed by atoms with Crippen LogP contribution in [0.4, 0.5) is 0 Å². The Morgan fingerprint density at radius 2 is 2.12 bits per heavy atom. The molecule has 3 nitrogen and oxygen atoms in total. The van der Waals surface area contributed by atoms with E-state index in [0.29, 0.717) is 5.49 Å². The molecule has 0 amide bonds. The van der Waals surface area contributed by atoms with Gasteiger partial charge in [-0.1, -0.05) is 18.1 Å². The summed E-state index contributed by atoms with van der Waals surface area (Å²) in [6, 6.07) is 6.18. The maximum atomic E-state index is 8.33. The average molecular weight is 227 g/mol. The lowest BCUT2D eigenvalue weighted by atomic mass is 10.1. The van der Waals surface area contributed by atoms with Crippen LogP contribution in [0.25, 0.3) is 10.9 Å². The maximum Gasteiger partial charge on any atom is 0.135 e. The van der Waals surface area contributed by atoms with Crippen molar-refractivity contribution in [1.29, 1.82) is 5.41 Å². The molecule has 0 unspecified atom stereocenters. The van der Waals surface area contributed by atoms with E-state index in [4.69, 9.17) is 10.4 Å². The molecule has 3 heteroatoms. The van der Waals surface area contributed by atoms with Gasteiger partial charge in [0.1, 0.15) is 11.3 Å². The molecule has 2 heterocycles. The van der Waals surface area contributed by atoms with Gasteiger partial charge in [0.2, 0.25) is 0 Å². The molecule has 17 heavy (non-hydrogen) atoms. The van der Waals surface area contributed by atoms with Crippen LogP contribution in [0.1, 0.15) is 30.7 Å². The molecule has 0 fully saturated rings. The zero-order valence-electron chi connectivity index (χ0n) is 10.2. The van der Waals surface area contributed by atoms with Crippen LogP contribution in [0.15, 0.2) is 18.2 Å². The first-order valence-electron chi connectivity index (χ1n) is 6.30. The Bertz CT molecular complexity index is 625. The van der Waals surface area contributed by atoms with Gasteiger partial charge < -0.3 is 4.57 Å². The molecular formula is C14H17N3. The van der Waals surface area contributed by atoms with Crippen LogP contribution in [0.5, 0.6) is 0 Å². The quantitative estimate of drug-likeness (QED) is 0.738. The number of nitrogens with one attached hydrogen (secondary N) is 1. The molecule has 1 N–H and O–H groups in total. The van der Waals surface area contributed by atoms with Gasteiger partial charge in [-0.25, -0.2) is 4.98 Å². The number of aryl methyl sites for hydroxylation is 2. The van der Waals surface area contributed by atoms with Crippen LogP contribution in [0, 0.1) is 12.3 Å². The predicted molar refractivity (Wildman–Crippen MR) is 67.9 cm³/mol. The van der Waals surface area contributed by atoms with Crippen molar-refractivity contribution >= 4 is 10.9 Å². The second-order valence-corrected chi connectivity index (χ2v) is 4.86. The van der Waals surface area contributed by atoms with Gasteiger partial charge in [-0.3, -0.25) is 5.41 Å². The van der Waals surface area contributed by atoms with Gasteiger partial charge in [-0.05, 0) is 31.9 Å². The zero-order valence-corrected chi connectivity index (χ0v) is 10.2. The monoisotopic (exact) mass is 227 g/mol. The van der Waals surface area contributed by atoms with Gasteiger partial charge >= 0.3 is 0 Å². The number of benzene rings is 1. The van der Waals surface area contributed by atoms with Crippen molar-refractivity contribution in [3.8, 4) is 0 Å². The number of aromatic nitrogens is 2. The summed E-state index contributed by atoms with van der Waals surface area (Å²) < 4.78 is 2.09. The number of rotatable bonds is 0. The third kappa shape index (κ3) is 1.75. The molecule has 3 rings (SSSR count). The number of hydrogen-bond acceptors (Lipinski definition) is 2. The van der Waals surface area contributed by atoms with Gasteiger partial charge in [-0.15, -0.1) is 0 Å². The Balaban J connectivity index is 2.33. The molecule has 88 valence electrons. The van der Waals surface area contributed by atoms with E-state index in [2.05, 4.69) is 23.6 Å². The molecule has 0 saturated heterocycles. The van der Waals surface area contributed by atoms with E-state index in [1.54, 1.807) is 0 Å². The Hall–Kier alpha value is -1.64. The van der Waals surface area contributed by atoms with Gasteiger partial charge in [-0.2, -0.15) is 0 Å². The fourth-order valence-electron chi connectivity index (χ4n) is 2.57. The summed E-state index contributed by atoms with van der Waals surface area (Å²) in [4.78, 5) is 4.72. The second-order valence-electron chi connectivity index (χ2n) is 4.86. The first-order valence-corrected chi connectivity index (χ1v) is 6.30. The van der Waals surface area contributed by atoms with Crippen LogP contribution in [-0.4, -0.2) is 9.55 Å². The molecule has 0 saturated carbocycles. The molecule has 0 atom stereocenters. The van der Waals surface area contributed by atoms with Crippen molar-refractivity contribution in [3.05, 3.63) is 35.1 Å². The minimum Gasteiger partial charge on any atom is -0.314 e. The Kier molecular flexibility index (Phi) is 2.46. The van der Waals surface area contributed by atoms with E-state index >= 15 is 0 Å². The number of fused-ring (bicyclic) bond motifs is 2. The molecule has 1 aromatic carbocycles. The normalized spacial score (nSPS) is 15.6. The minimum atomic E-state index is 0.635. The summed E-state index contributed by atoms with van der Waals surface area (Å²) in [7, 11) is 0. The van der Waals surface area contributed by atoms with Crippen molar-refractivity contribution in [2.24, 2.45) is 0 Å². The highest BCUT2D eigenvalue weighted by atomic mass is 15.1. The van der Waals surface area contributed by atoms with Crippen molar-refractivity contribution in [2.45, 2.75) is 39.2 Å². The van der Waals surface area contributed by atoms with Crippen LogP contribution in [0.2, 0.25) is 0 Å². The molecule has 0 aliphatic carbocycles. The van der Waals surface area contributed by atoms with Crippen LogP contribution < -0.4 is 5.49 Å². The predicted octanol–water partition coefficient (Wildman–Crippen LogP) is 2.55. The summed E-state index contributed by atoms with van der Waals surface area (Å²) in [5.41, 5.74) is 2.80. The van der Waals surface area contributed by atoms with E-state index in [9.17, 15) is 0 Å². The molecule has 2 aromatic rings. The van der Waals surface area contributed by atoms with Gasteiger partial charge in [0.15, 0.2) is 0 Å². The van der Waals surface area contributed by atoms with E-state index in [1.807, 2.05) is 6.07 Å². The lowest BCUT2D eigenvalue weighted by Gasteiger charge is -2.11. The zero-order chi connectivity index (χ0) is 11.8. The molecule has 1 aliphatic rings. The third-order valence-corrected chi connectivity index (χ3v) is 3.52. The highest BCUT2D eigenvalue weighted by Crippen LogP contribution is 2.15. The topological polar surface area (TPSA) is 41.7 Å². The third-order valence-electron chi connectivity index (χ3n) is 3.52. The fourth-order valence-corrected chi connectivity index (χ4v) is 2.57. The Morgan fingerprint density at radius 3 is 3.00 bits per heavy atom. The molecule has 0 radical (unpaired) electrons. The molecular weight excluding hydrogens is 210 g/mol. The first-order chi connectivity index (χ1) is 8.25. The maximum absolute atomic E-state index is 8.33. The van der Waals surface area contributed by atoms with Crippen molar-refractivity contribution in [2.75, 3.05) is 0 Å². The Morgan fingerprint density at radius 1 is 1.24 bits per heavy atom. The van der Waals surface area contributed by atoms with Crippen molar-refractivity contribution in [3.63, 3.8) is 0 Å². The van der Waals surface area contributed by atoms with E-state index in [1.165, 1.54) is 24.8 Å². The standard InChI is InChI=1S/C14H17N3/c1-10-6-7-12-11(9-10)14(15)17-8-4-2-3-5-13(17)16-12/h6-7,9,15H,2-5,8H2,1H3. The minimum absolute atomic E-state index is 0.635. The van der Waals surface area contributed by atoms with Gasteiger partial charge in [0.05, 0.1) is 5.52 Å². The summed E-state index contributed by atoms with van der Waals surface area (Å²) in [6.07, 6.45) is 4.63. The average Bonchev–Trinajstić information content (AvgIpc) is 2.56. The number of nitrogens with zero attached hydrogens (tertiary/aromatic N) is 2. The highest BCUT2D eigenvalue weighted by Gasteiger charge is 2.11. The summed E-state index contributed by atoms with van der Waals surface area (Å²) in [6.45, 7) is 3.01. The van der Waals surface area contributed by atoms with Gasteiger partial charge in [0.25, 0.3) is 0 Å². The molecule has 0 spiro atoms. The number of hydrogen-bond donors (Lipinski definition) is 1. The van der Waals surface area contributed by atoms with Crippen LogP contribution in [-0.2, 0) is 13.0 Å². The molecule has 1 aromatic heterocycles. The SMILES string of the molecule is Cc1ccc2nc3n(c(=N)c2c1)CCCCC3. The van der Waals surface area contributed by atoms with E-state index in [0.717, 1.165) is 29.7 Å². The Labute approximate surface area is 101 Å². The first kappa shape index (κ1) is 10.5. The van der Waals surface area contributed by atoms with Crippen molar-refractivity contribution < 1.29 is 0 Å². The fraction of sp³-hybridized carbons (Fsp3) is 0.429. The largest absolute Gasteiger partial charge is 0.314 e. The summed E-state index contributed by atoms with van der Waals surface area (Å²) >= 11 is 0. The molecule has 0 bridgehead atoms. The van der Waals surface area contributed by atoms with E-state index in [-0.39, 0.29) is 0 Å². The van der Waals surface area contributed by atoms with Crippen LogP contribution in [0.3, 0.4) is 0 Å². The van der Waals surface area contributed by atoms with Gasteiger partial charge in [0, 0.05) is 18.4 Å². The van der Waals surface area contributed by atoms with Crippen LogP contribution >= 0.6 is 0 Å². The highest BCUT2D eigenvalue weighted by molar-refractivity contribution is 5.77. The summed E-state index contributed by atoms with van der Waals surface area (Å²) in [5.74, 6) is 1.09. The second kappa shape index (κ2) is 3.99. The molecule has 1 aliphatic heterocycles. The van der Waals surface area contributed by atoms with E-state index < -0.39 is 0 Å². The van der Waals surface area contributed by atoms with Crippen molar-refractivity contribution in [1.82, 2.24) is 9.55 Å². The lowest BCUT2D eigenvalue weighted by Crippen LogP contribution is -2.24. The smallest absolute Gasteiger partial charge is 0.135 e.